The molecule has 0 amide bonds. The molecule has 1 aromatic carbocycles. The molecule has 4 heteroatoms. The lowest BCUT2D eigenvalue weighted by molar-refractivity contribution is -0.144. The van der Waals surface area contributed by atoms with Gasteiger partial charge in [0.25, 0.3) is 0 Å². The van der Waals surface area contributed by atoms with Gasteiger partial charge in [0.1, 0.15) is 5.41 Å². The summed E-state index contributed by atoms with van der Waals surface area (Å²) in [5.41, 5.74) is 1.05. The number of carboxylic acids is 1. The number of hydrogen-bond acceptors (Lipinski definition) is 2. The van der Waals surface area contributed by atoms with Crippen molar-refractivity contribution < 1.29 is 15.0 Å². The maximum absolute atomic E-state index is 11.4. The number of H-pyrrole nitrogens is 1. The third-order valence-corrected chi connectivity index (χ3v) is 3.23. The maximum atomic E-state index is 11.4. The minimum atomic E-state index is -1.27. The minimum Gasteiger partial charge on any atom is -0.481 e. The number of aliphatic hydroxyl groups excluding tert-OH is 1. The van der Waals surface area contributed by atoms with E-state index in [4.69, 9.17) is 0 Å². The first kappa shape index (κ1) is 11.7. The van der Waals surface area contributed by atoms with Gasteiger partial charge >= 0.3 is 5.97 Å². The number of rotatable bonds is 3. The number of aromatic amines is 1. The molecule has 0 bridgehead atoms. The molecule has 0 aliphatic carbocycles. The first-order chi connectivity index (χ1) is 8.00. The summed E-state index contributed by atoms with van der Waals surface area (Å²) in [5.74, 6) is -1.02. The van der Waals surface area contributed by atoms with Crippen LogP contribution in [0.3, 0.4) is 0 Å². The number of nitrogens with one attached hydrogen (secondary N) is 1. The van der Waals surface area contributed by atoms with Crippen molar-refractivity contribution in [3.8, 4) is 0 Å². The molecule has 4 nitrogen and oxygen atoms in total. The predicted octanol–water partition coefficient (Wildman–Crippen LogP) is 1.81. The van der Waals surface area contributed by atoms with Crippen LogP contribution < -0.4 is 0 Å². The van der Waals surface area contributed by atoms with E-state index in [1.165, 1.54) is 6.92 Å². The van der Waals surface area contributed by atoms with Gasteiger partial charge in [-0.05, 0) is 25.5 Å². The number of aromatic nitrogens is 1. The Bertz CT molecular complexity index is 573. The molecule has 0 spiro atoms. The first-order valence-corrected chi connectivity index (χ1v) is 5.42. The van der Waals surface area contributed by atoms with Gasteiger partial charge in [-0.2, -0.15) is 0 Å². The van der Waals surface area contributed by atoms with Crippen molar-refractivity contribution in [2.24, 2.45) is 0 Å². The zero-order chi connectivity index (χ0) is 12.6. The van der Waals surface area contributed by atoms with E-state index in [1.54, 1.807) is 0 Å². The van der Waals surface area contributed by atoms with Crippen LogP contribution in [0.15, 0.2) is 24.3 Å². The van der Waals surface area contributed by atoms with Crippen LogP contribution in [0.4, 0.5) is 0 Å². The summed E-state index contributed by atoms with van der Waals surface area (Å²) >= 11 is 0. The van der Waals surface area contributed by atoms with Gasteiger partial charge in [0.2, 0.25) is 0 Å². The van der Waals surface area contributed by atoms with E-state index in [9.17, 15) is 15.0 Å². The van der Waals surface area contributed by atoms with Crippen molar-refractivity contribution in [3.63, 3.8) is 0 Å². The smallest absolute Gasteiger partial charge is 0.316 e. The number of aryl methyl sites for hydroxylation is 1. The summed E-state index contributed by atoms with van der Waals surface area (Å²) in [6.45, 7) is 2.94. The molecule has 3 N–H and O–H groups in total. The van der Waals surface area contributed by atoms with E-state index < -0.39 is 18.0 Å². The van der Waals surface area contributed by atoms with E-state index in [0.29, 0.717) is 5.56 Å². The van der Waals surface area contributed by atoms with Crippen LogP contribution in [0.2, 0.25) is 0 Å². The molecule has 1 unspecified atom stereocenters. The minimum absolute atomic E-state index is 0.426. The molecule has 1 heterocycles. The molecule has 0 aliphatic rings. The standard InChI is InChI=1S/C13H15NO3/c1-8-11(13(2,7-15)12(16)17)9-5-3-4-6-10(9)14-8/h3-6,14-15H,7H2,1-2H3,(H,16,17). The Morgan fingerprint density at radius 2 is 2.06 bits per heavy atom. The Hall–Kier alpha value is -1.81. The van der Waals surface area contributed by atoms with E-state index in [2.05, 4.69) is 4.98 Å². The highest BCUT2D eigenvalue weighted by Gasteiger charge is 2.38. The lowest BCUT2D eigenvalue weighted by Crippen LogP contribution is -2.36. The van der Waals surface area contributed by atoms with Crippen molar-refractivity contribution in [1.29, 1.82) is 0 Å². The van der Waals surface area contributed by atoms with E-state index >= 15 is 0 Å². The molecule has 0 aliphatic heterocycles. The number of hydrogen-bond donors (Lipinski definition) is 3. The lowest BCUT2D eigenvalue weighted by Gasteiger charge is -2.22. The zero-order valence-corrected chi connectivity index (χ0v) is 9.82. The fraction of sp³-hybridized carbons (Fsp3) is 0.308. The Labute approximate surface area is 98.9 Å². The van der Waals surface area contributed by atoms with Crippen LogP contribution in [0.25, 0.3) is 10.9 Å². The molecule has 2 aromatic rings. The summed E-state index contributed by atoms with van der Waals surface area (Å²) in [6.07, 6.45) is 0. The monoisotopic (exact) mass is 233 g/mol. The lowest BCUT2D eigenvalue weighted by atomic mass is 9.81. The second kappa shape index (κ2) is 3.89. The summed E-state index contributed by atoms with van der Waals surface area (Å²) in [4.78, 5) is 14.5. The SMILES string of the molecule is Cc1[nH]c2ccccc2c1C(C)(CO)C(=O)O. The number of carbonyl (C=O) groups is 1. The molecule has 0 radical (unpaired) electrons. The largest absolute Gasteiger partial charge is 0.481 e. The van der Waals surface area contributed by atoms with Crippen LogP contribution in [0, 0.1) is 6.92 Å². The molecule has 0 saturated heterocycles. The Morgan fingerprint density at radius 3 is 2.65 bits per heavy atom. The Kier molecular flexibility index (Phi) is 2.67. The number of para-hydroxylation sites is 1. The number of benzene rings is 1. The number of aliphatic carboxylic acids is 1. The highest BCUT2D eigenvalue weighted by molar-refractivity contribution is 5.93. The van der Waals surface area contributed by atoms with Crippen LogP contribution in [-0.2, 0) is 10.2 Å². The number of fused-ring (bicyclic) bond motifs is 1. The quantitative estimate of drug-likeness (QED) is 0.757. The van der Waals surface area contributed by atoms with Crippen LogP contribution in [0.5, 0.6) is 0 Å². The molecule has 1 aromatic heterocycles. The normalized spacial score (nSPS) is 14.8. The highest BCUT2D eigenvalue weighted by atomic mass is 16.4. The summed E-state index contributed by atoms with van der Waals surface area (Å²) in [5, 5.41) is 19.6. The predicted molar refractivity (Wildman–Crippen MR) is 65.1 cm³/mol. The van der Waals surface area contributed by atoms with Gasteiger partial charge in [0.15, 0.2) is 0 Å². The third-order valence-electron chi connectivity index (χ3n) is 3.23. The summed E-state index contributed by atoms with van der Waals surface area (Å²) < 4.78 is 0. The van der Waals surface area contributed by atoms with Crippen molar-refractivity contribution in [1.82, 2.24) is 4.98 Å². The van der Waals surface area contributed by atoms with Crippen molar-refractivity contribution >= 4 is 16.9 Å². The van der Waals surface area contributed by atoms with Gasteiger partial charge in [-0.1, -0.05) is 18.2 Å². The second-order valence-corrected chi connectivity index (χ2v) is 4.47. The van der Waals surface area contributed by atoms with Crippen molar-refractivity contribution in [2.45, 2.75) is 19.3 Å². The maximum Gasteiger partial charge on any atom is 0.316 e. The van der Waals surface area contributed by atoms with E-state index in [1.807, 2.05) is 31.2 Å². The highest BCUT2D eigenvalue weighted by Crippen LogP contribution is 2.33. The van der Waals surface area contributed by atoms with E-state index in [-0.39, 0.29) is 0 Å². The average molecular weight is 233 g/mol. The molecule has 0 saturated carbocycles. The summed E-state index contributed by atoms with van der Waals surface area (Å²) in [6, 6.07) is 7.51. The molecular weight excluding hydrogens is 218 g/mol. The van der Waals surface area contributed by atoms with E-state index in [0.717, 1.165) is 16.6 Å². The summed E-state index contributed by atoms with van der Waals surface area (Å²) in [7, 11) is 0. The Morgan fingerprint density at radius 1 is 1.41 bits per heavy atom. The zero-order valence-electron chi connectivity index (χ0n) is 9.82. The third kappa shape index (κ3) is 1.61. The number of carboxylic acid groups (broad SMARTS) is 1. The van der Waals surface area contributed by atoms with Crippen LogP contribution in [0.1, 0.15) is 18.2 Å². The average Bonchev–Trinajstić information content (AvgIpc) is 2.64. The van der Waals surface area contributed by atoms with Gasteiger partial charge in [0, 0.05) is 16.6 Å². The number of aliphatic hydroxyl groups is 1. The second-order valence-electron chi connectivity index (χ2n) is 4.47. The Balaban J connectivity index is 2.77. The molecule has 1 atom stereocenters. The van der Waals surface area contributed by atoms with Gasteiger partial charge in [-0.25, -0.2) is 0 Å². The fourth-order valence-corrected chi connectivity index (χ4v) is 2.24. The van der Waals surface area contributed by atoms with Gasteiger partial charge < -0.3 is 15.2 Å². The molecular formula is C13H15NO3. The van der Waals surface area contributed by atoms with Crippen LogP contribution >= 0.6 is 0 Å². The molecule has 2 rings (SSSR count). The molecule has 0 fully saturated rings. The molecule has 90 valence electrons. The van der Waals surface area contributed by atoms with Gasteiger partial charge in [-0.3, -0.25) is 4.79 Å². The van der Waals surface area contributed by atoms with Crippen molar-refractivity contribution in [2.75, 3.05) is 6.61 Å². The fourth-order valence-electron chi connectivity index (χ4n) is 2.24. The van der Waals surface area contributed by atoms with Crippen LogP contribution in [-0.4, -0.2) is 27.8 Å². The first-order valence-electron chi connectivity index (χ1n) is 5.42. The van der Waals surface area contributed by atoms with Crippen molar-refractivity contribution in [3.05, 3.63) is 35.5 Å². The van der Waals surface area contributed by atoms with Gasteiger partial charge in [0.05, 0.1) is 6.61 Å². The molecule has 17 heavy (non-hydrogen) atoms. The van der Waals surface area contributed by atoms with Gasteiger partial charge in [-0.15, -0.1) is 0 Å². The topological polar surface area (TPSA) is 73.3 Å².